The smallest absolute Gasteiger partial charge is 0.208 e. The number of rotatable bonds is 3. The second-order valence-electron chi connectivity index (χ2n) is 5.65. The lowest BCUT2D eigenvalue weighted by atomic mass is 9.96. The van der Waals surface area contributed by atoms with Gasteiger partial charge in [0.1, 0.15) is 5.82 Å². The van der Waals surface area contributed by atoms with Crippen LogP contribution in [0.4, 0.5) is 10.3 Å². The van der Waals surface area contributed by atoms with E-state index in [0.717, 1.165) is 29.0 Å². The van der Waals surface area contributed by atoms with Crippen LogP contribution in [0.2, 0.25) is 0 Å². The number of hydrogen-bond donors (Lipinski definition) is 1. The Labute approximate surface area is 132 Å². The van der Waals surface area contributed by atoms with Crippen LogP contribution < -0.4 is 5.32 Å². The minimum absolute atomic E-state index is 0.256. The highest BCUT2D eigenvalue weighted by Gasteiger charge is 2.17. The van der Waals surface area contributed by atoms with Crippen molar-refractivity contribution in [1.29, 1.82) is 0 Å². The van der Waals surface area contributed by atoms with E-state index in [1.807, 2.05) is 23.8 Å². The summed E-state index contributed by atoms with van der Waals surface area (Å²) in [6.45, 7) is 1.93. The van der Waals surface area contributed by atoms with Crippen molar-refractivity contribution in [3.63, 3.8) is 0 Å². The monoisotopic (exact) mass is 351 g/mol. The molecule has 1 aliphatic carbocycles. The lowest BCUT2D eigenvalue weighted by Crippen LogP contribution is -2.24. The predicted molar refractivity (Wildman–Crippen MR) is 86.5 cm³/mol. The molecule has 0 aliphatic heterocycles. The molecule has 1 aliphatic rings. The first-order valence-electron chi connectivity index (χ1n) is 7.41. The Bertz CT molecular complexity index is 632. The fraction of sp³-hybridized carbons (Fsp3) is 0.438. The predicted octanol–water partition coefficient (Wildman–Crippen LogP) is 4.83. The maximum atomic E-state index is 14.2. The van der Waals surface area contributed by atoms with Crippen LogP contribution in [0, 0.1) is 12.7 Å². The van der Waals surface area contributed by atoms with E-state index in [-0.39, 0.29) is 5.82 Å². The normalized spacial score (nSPS) is 16.1. The molecule has 0 bridgehead atoms. The molecule has 0 unspecified atom stereocenters. The number of aryl methyl sites for hydroxylation is 1. The van der Waals surface area contributed by atoms with Gasteiger partial charge in [-0.05, 0) is 38.0 Å². The van der Waals surface area contributed by atoms with E-state index in [0.29, 0.717) is 11.7 Å². The topological polar surface area (TPSA) is 29.9 Å². The van der Waals surface area contributed by atoms with Crippen LogP contribution in [0.1, 0.15) is 37.8 Å². The van der Waals surface area contributed by atoms with Crippen molar-refractivity contribution in [1.82, 2.24) is 9.55 Å². The number of aromatic nitrogens is 2. The zero-order valence-electron chi connectivity index (χ0n) is 12.1. The molecule has 1 fully saturated rings. The summed E-state index contributed by atoms with van der Waals surface area (Å²) in [5.74, 6) is 0.481. The van der Waals surface area contributed by atoms with Gasteiger partial charge in [-0.25, -0.2) is 9.37 Å². The minimum atomic E-state index is -0.256. The van der Waals surface area contributed by atoms with Crippen molar-refractivity contribution in [2.75, 3.05) is 5.32 Å². The molecule has 1 N–H and O–H groups in total. The van der Waals surface area contributed by atoms with E-state index >= 15 is 0 Å². The molecule has 1 aromatic carbocycles. The molecule has 1 saturated carbocycles. The SMILES string of the molecule is Cc1cn(-c2ccc(Br)cc2F)c(NC2CCCCC2)n1. The van der Waals surface area contributed by atoms with Gasteiger partial charge < -0.3 is 5.32 Å². The molecule has 0 radical (unpaired) electrons. The number of benzene rings is 1. The van der Waals surface area contributed by atoms with E-state index < -0.39 is 0 Å². The molecular formula is C16H19BrFN3. The van der Waals surface area contributed by atoms with Gasteiger partial charge in [-0.3, -0.25) is 4.57 Å². The number of halogens is 2. The Kier molecular flexibility index (Phi) is 4.29. The average Bonchev–Trinajstić information content (AvgIpc) is 2.80. The highest BCUT2D eigenvalue weighted by atomic mass is 79.9. The molecular weight excluding hydrogens is 333 g/mol. The summed E-state index contributed by atoms with van der Waals surface area (Å²) in [7, 11) is 0. The van der Waals surface area contributed by atoms with Crippen molar-refractivity contribution in [2.45, 2.75) is 45.1 Å². The molecule has 112 valence electrons. The second-order valence-corrected chi connectivity index (χ2v) is 6.57. The summed E-state index contributed by atoms with van der Waals surface area (Å²) in [6.07, 6.45) is 8.02. The van der Waals surface area contributed by atoms with Crippen molar-refractivity contribution in [2.24, 2.45) is 0 Å². The van der Waals surface area contributed by atoms with Gasteiger partial charge in [0.2, 0.25) is 5.95 Å². The number of imidazole rings is 1. The fourth-order valence-electron chi connectivity index (χ4n) is 2.89. The average molecular weight is 352 g/mol. The summed E-state index contributed by atoms with van der Waals surface area (Å²) >= 11 is 3.29. The fourth-order valence-corrected chi connectivity index (χ4v) is 3.22. The van der Waals surface area contributed by atoms with Crippen molar-refractivity contribution < 1.29 is 4.39 Å². The molecule has 21 heavy (non-hydrogen) atoms. The Morgan fingerprint density at radius 2 is 2.05 bits per heavy atom. The molecule has 3 rings (SSSR count). The third-order valence-corrected chi connectivity index (χ3v) is 4.43. The quantitative estimate of drug-likeness (QED) is 0.858. The molecule has 5 heteroatoms. The van der Waals surface area contributed by atoms with E-state index in [9.17, 15) is 4.39 Å². The van der Waals surface area contributed by atoms with E-state index in [2.05, 4.69) is 26.2 Å². The molecule has 2 aromatic rings. The van der Waals surface area contributed by atoms with Gasteiger partial charge in [0.05, 0.1) is 11.4 Å². The molecule has 0 saturated heterocycles. The lowest BCUT2D eigenvalue weighted by Gasteiger charge is -2.23. The molecule has 0 atom stereocenters. The zero-order chi connectivity index (χ0) is 14.8. The van der Waals surface area contributed by atoms with Crippen molar-refractivity contribution in [3.05, 3.63) is 40.4 Å². The van der Waals surface area contributed by atoms with Gasteiger partial charge in [0.15, 0.2) is 0 Å². The number of nitrogens with one attached hydrogen (secondary N) is 1. The van der Waals surface area contributed by atoms with Crippen molar-refractivity contribution >= 4 is 21.9 Å². The van der Waals surface area contributed by atoms with Crippen molar-refractivity contribution in [3.8, 4) is 5.69 Å². The Balaban J connectivity index is 1.91. The maximum absolute atomic E-state index is 14.2. The largest absolute Gasteiger partial charge is 0.353 e. The van der Waals surface area contributed by atoms with Gasteiger partial charge in [-0.2, -0.15) is 0 Å². The van der Waals surface area contributed by atoms with Crippen LogP contribution in [0.3, 0.4) is 0 Å². The summed E-state index contributed by atoms with van der Waals surface area (Å²) in [6, 6.07) is 5.54. The third kappa shape index (κ3) is 3.28. The minimum Gasteiger partial charge on any atom is -0.353 e. The van der Waals surface area contributed by atoms with Crippen LogP contribution in [-0.2, 0) is 0 Å². The first kappa shape index (κ1) is 14.6. The van der Waals surface area contributed by atoms with Crippen LogP contribution in [0.25, 0.3) is 5.69 Å². The summed E-state index contributed by atoms with van der Waals surface area (Å²) in [5, 5.41) is 3.48. The molecule has 0 spiro atoms. The number of anilines is 1. The molecule has 1 heterocycles. The van der Waals surface area contributed by atoms with Crippen LogP contribution in [0.5, 0.6) is 0 Å². The van der Waals surface area contributed by atoms with Crippen LogP contribution >= 0.6 is 15.9 Å². The van der Waals surface area contributed by atoms with Gasteiger partial charge in [0, 0.05) is 16.7 Å². The van der Waals surface area contributed by atoms with E-state index in [1.54, 1.807) is 6.07 Å². The maximum Gasteiger partial charge on any atom is 0.208 e. The van der Waals surface area contributed by atoms with Gasteiger partial charge in [0.25, 0.3) is 0 Å². The highest BCUT2D eigenvalue weighted by Crippen LogP contribution is 2.25. The summed E-state index contributed by atoms with van der Waals surface area (Å²) < 4.78 is 16.7. The molecule has 1 aromatic heterocycles. The van der Waals surface area contributed by atoms with Crippen LogP contribution in [-0.4, -0.2) is 15.6 Å². The van der Waals surface area contributed by atoms with Crippen LogP contribution in [0.15, 0.2) is 28.9 Å². The Morgan fingerprint density at radius 3 is 2.76 bits per heavy atom. The van der Waals surface area contributed by atoms with Gasteiger partial charge in [-0.15, -0.1) is 0 Å². The van der Waals surface area contributed by atoms with E-state index in [4.69, 9.17) is 0 Å². The Morgan fingerprint density at radius 1 is 1.29 bits per heavy atom. The van der Waals surface area contributed by atoms with Gasteiger partial charge in [-0.1, -0.05) is 35.2 Å². The lowest BCUT2D eigenvalue weighted by molar-refractivity contribution is 0.460. The summed E-state index contributed by atoms with van der Waals surface area (Å²) in [5.41, 5.74) is 1.41. The summed E-state index contributed by atoms with van der Waals surface area (Å²) in [4.78, 5) is 4.52. The molecule has 0 amide bonds. The Hall–Kier alpha value is -1.36. The first-order valence-corrected chi connectivity index (χ1v) is 8.21. The first-order chi connectivity index (χ1) is 10.1. The third-order valence-electron chi connectivity index (χ3n) is 3.93. The highest BCUT2D eigenvalue weighted by molar-refractivity contribution is 9.10. The standard InChI is InChI=1S/C16H19BrFN3/c1-11-10-21(15-8-7-12(17)9-14(15)18)16(19-11)20-13-5-3-2-4-6-13/h7-10,13H,2-6H2,1H3,(H,19,20). The zero-order valence-corrected chi connectivity index (χ0v) is 13.7. The van der Waals surface area contributed by atoms with Gasteiger partial charge >= 0.3 is 0 Å². The van der Waals surface area contributed by atoms with E-state index in [1.165, 1.54) is 25.3 Å². The number of nitrogens with zero attached hydrogens (tertiary/aromatic N) is 2. The molecule has 3 nitrogen and oxygen atoms in total. The second kappa shape index (κ2) is 6.18. The number of hydrogen-bond acceptors (Lipinski definition) is 2.